The fourth-order valence-electron chi connectivity index (χ4n) is 1.92. The molecule has 1 heterocycles. The topological polar surface area (TPSA) is 73.6 Å². The summed E-state index contributed by atoms with van der Waals surface area (Å²) in [4.78, 5) is 11.8. The smallest absolute Gasteiger partial charge is 0.227 e. The summed E-state index contributed by atoms with van der Waals surface area (Å²) in [5, 5.41) is 2.87. The molecule has 0 aliphatic carbocycles. The molecule has 1 aromatic carbocycles. The van der Waals surface area contributed by atoms with Crippen molar-refractivity contribution in [2.75, 3.05) is 25.1 Å². The van der Waals surface area contributed by atoms with Gasteiger partial charge in [-0.15, -0.1) is 0 Å². The van der Waals surface area contributed by atoms with Crippen molar-refractivity contribution >= 4 is 11.6 Å². The molecule has 0 radical (unpaired) electrons. The number of hydrogen-bond donors (Lipinski definition) is 2. The monoisotopic (exact) mass is 264 g/mol. The Balaban J connectivity index is 1.92. The molecule has 1 aliphatic heterocycles. The van der Waals surface area contributed by atoms with Gasteiger partial charge in [0, 0.05) is 17.2 Å². The quantitative estimate of drug-likeness (QED) is 0.848. The third kappa shape index (κ3) is 3.76. The molecule has 104 valence electrons. The van der Waals surface area contributed by atoms with Crippen LogP contribution in [-0.2, 0) is 14.3 Å². The molecule has 3 N–H and O–H groups in total. The molecular weight excluding hydrogens is 244 g/mol. The van der Waals surface area contributed by atoms with Gasteiger partial charge in [-0.2, -0.15) is 0 Å². The van der Waals surface area contributed by atoms with E-state index < -0.39 is 0 Å². The van der Waals surface area contributed by atoms with Crippen molar-refractivity contribution < 1.29 is 14.3 Å². The van der Waals surface area contributed by atoms with Gasteiger partial charge in [0.15, 0.2) is 6.29 Å². The first-order valence-electron chi connectivity index (χ1n) is 6.55. The van der Waals surface area contributed by atoms with E-state index in [0.29, 0.717) is 26.2 Å². The maximum atomic E-state index is 11.8. The van der Waals surface area contributed by atoms with Crippen LogP contribution in [0, 0.1) is 5.92 Å². The number of hydrogen-bond acceptors (Lipinski definition) is 4. The van der Waals surface area contributed by atoms with Crippen molar-refractivity contribution in [3.8, 4) is 0 Å². The average Bonchev–Trinajstić information content (AvgIpc) is 2.94. The SMILES string of the molecule is CC(CCN)C(=O)Nc1ccc(C2OCCO2)cc1. The Kier molecular flexibility index (Phi) is 4.90. The van der Waals surface area contributed by atoms with Crippen molar-refractivity contribution in [1.29, 1.82) is 0 Å². The van der Waals surface area contributed by atoms with Crippen molar-refractivity contribution in [3.63, 3.8) is 0 Å². The van der Waals surface area contributed by atoms with Crippen LogP contribution in [0.5, 0.6) is 0 Å². The second-order valence-corrected chi connectivity index (χ2v) is 4.66. The Hall–Kier alpha value is -1.43. The summed E-state index contributed by atoms with van der Waals surface area (Å²) < 4.78 is 10.8. The minimum Gasteiger partial charge on any atom is -0.346 e. The molecule has 19 heavy (non-hydrogen) atoms. The molecule has 2 rings (SSSR count). The molecule has 1 aliphatic rings. The zero-order valence-corrected chi connectivity index (χ0v) is 11.1. The highest BCUT2D eigenvalue weighted by Crippen LogP contribution is 2.24. The van der Waals surface area contributed by atoms with Crippen molar-refractivity contribution in [1.82, 2.24) is 0 Å². The predicted octanol–water partition coefficient (Wildman–Crippen LogP) is 1.66. The summed E-state index contributed by atoms with van der Waals surface area (Å²) in [6, 6.07) is 7.51. The number of amides is 1. The van der Waals surface area contributed by atoms with Gasteiger partial charge in [0.1, 0.15) is 0 Å². The number of nitrogens with two attached hydrogens (primary N) is 1. The van der Waals surface area contributed by atoms with E-state index >= 15 is 0 Å². The van der Waals surface area contributed by atoms with E-state index in [1.54, 1.807) is 0 Å². The number of carbonyl (C=O) groups is 1. The first-order chi connectivity index (χ1) is 9.20. The van der Waals surface area contributed by atoms with Crippen LogP contribution in [0.4, 0.5) is 5.69 Å². The molecule has 1 amide bonds. The van der Waals surface area contributed by atoms with Gasteiger partial charge in [0.05, 0.1) is 13.2 Å². The minimum absolute atomic E-state index is 0.00781. The van der Waals surface area contributed by atoms with Crippen molar-refractivity contribution in [2.24, 2.45) is 11.7 Å². The molecule has 0 saturated carbocycles. The summed E-state index contributed by atoms with van der Waals surface area (Å²) in [7, 11) is 0. The largest absolute Gasteiger partial charge is 0.346 e. The zero-order chi connectivity index (χ0) is 13.7. The first-order valence-corrected chi connectivity index (χ1v) is 6.55. The third-order valence-electron chi connectivity index (χ3n) is 3.12. The molecular formula is C14H20N2O3. The van der Waals surface area contributed by atoms with E-state index in [1.807, 2.05) is 31.2 Å². The molecule has 0 bridgehead atoms. The Morgan fingerprint density at radius 2 is 2.00 bits per heavy atom. The molecule has 1 aromatic rings. The summed E-state index contributed by atoms with van der Waals surface area (Å²) in [5.74, 6) is -0.0854. The highest BCUT2D eigenvalue weighted by atomic mass is 16.7. The van der Waals surface area contributed by atoms with Crippen LogP contribution >= 0.6 is 0 Å². The average molecular weight is 264 g/mol. The molecule has 1 saturated heterocycles. The normalized spacial score (nSPS) is 17.4. The fourth-order valence-corrected chi connectivity index (χ4v) is 1.92. The number of benzene rings is 1. The number of rotatable bonds is 5. The Morgan fingerprint density at radius 3 is 2.58 bits per heavy atom. The summed E-state index contributed by atoms with van der Waals surface area (Å²) in [5.41, 5.74) is 7.18. The van der Waals surface area contributed by atoms with E-state index in [4.69, 9.17) is 15.2 Å². The maximum Gasteiger partial charge on any atom is 0.227 e. The number of nitrogens with one attached hydrogen (secondary N) is 1. The van der Waals surface area contributed by atoms with Crippen molar-refractivity contribution in [2.45, 2.75) is 19.6 Å². The second-order valence-electron chi connectivity index (χ2n) is 4.66. The standard InChI is InChI=1S/C14H20N2O3/c1-10(6-7-15)13(17)16-12-4-2-11(3-5-12)14-18-8-9-19-14/h2-5,10,14H,6-9,15H2,1H3,(H,16,17). The molecule has 5 nitrogen and oxygen atoms in total. The Labute approximate surface area is 113 Å². The Morgan fingerprint density at radius 1 is 1.37 bits per heavy atom. The molecule has 0 aromatic heterocycles. The van der Waals surface area contributed by atoms with Gasteiger partial charge in [-0.3, -0.25) is 4.79 Å². The Bertz CT molecular complexity index is 413. The van der Waals surface area contributed by atoms with Crippen LogP contribution in [0.25, 0.3) is 0 Å². The molecule has 1 unspecified atom stereocenters. The van der Waals surface area contributed by atoms with E-state index in [2.05, 4.69) is 5.32 Å². The van der Waals surface area contributed by atoms with Gasteiger partial charge in [-0.1, -0.05) is 19.1 Å². The lowest BCUT2D eigenvalue weighted by molar-refractivity contribution is -0.119. The van der Waals surface area contributed by atoms with Crippen LogP contribution in [0.3, 0.4) is 0 Å². The van der Waals surface area contributed by atoms with E-state index in [1.165, 1.54) is 0 Å². The second kappa shape index (κ2) is 6.65. The van der Waals surface area contributed by atoms with E-state index in [9.17, 15) is 4.79 Å². The molecule has 1 atom stereocenters. The van der Waals surface area contributed by atoms with Gasteiger partial charge < -0.3 is 20.5 Å². The van der Waals surface area contributed by atoms with Gasteiger partial charge >= 0.3 is 0 Å². The van der Waals surface area contributed by atoms with Crippen LogP contribution in [0.15, 0.2) is 24.3 Å². The summed E-state index contributed by atoms with van der Waals surface area (Å²) in [6.07, 6.45) is 0.411. The van der Waals surface area contributed by atoms with Crippen molar-refractivity contribution in [3.05, 3.63) is 29.8 Å². The first kappa shape index (κ1) is 14.0. The van der Waals surface area contributed by atoms with Gasteiger partial charge in [-0.05, 0) is 25.1 Å². The number of ether oxygens (including phenoxy) is 2. The summed E-state index contributed by atoms with van der Waals surface area (Å²) in [6.45, 7) is 3.64. The van der Waals surface area contributed by atoms with Crippen LogP contribution in [-0.4, -0.2) is 25.7 Å². The van der Waals surface area contributed by atoms with Gasteiger partial charge in [0.2, 0.25) is 5.91 Å². The molecule has 0 spiro atoms. The number of anilines is 1. The van der Waals surface area contributed by atoms with E-state index in [-0.39, 0.29) is 18.1 Å². The van der Waals surface area contributed by atoms with E-state index in [0.717, 1.165) is 11.3 Å². The van der Waals surface area contributed by atoms with Crippen LogP contribution in [0.1, 0.15) is 25.2 Å². The van der Waals surface area contributed by atoms with Gasteiger partial charge in [0.25, 0.3) is 0 Å². The van der Waals surface area contributed by atoms with Crippen LogP contribution in [0.2, 0.25) is 0 Å². The highest BCUT2D eigenvalue weighted by molar-refractivity contribution is 5.92. The highest BCUT2D eigenvalue weighted by Gasteiger charge is 2.18. The maximum absolute atomic E-state index is 11.8. The van der Waals surface area contributed by atoms with Crippen LogP contribution < -0.4 is 11.1 Å². The lowest BCUT2D eigenvalue weighted by Gasteiger charge is -2.13. The minimum atomic E-state index is -0.277. The lowest BCUT2D eigenvalue weighted by atomic mass is 10.1. The number of carbonyl (C=O) groups excluding carboxylic acids is 1. The fraction of sp³-hybridized carbons (Fsp3) is 0.500. The zero-order valence-electron chi connectivity index (χ0n) is 11.1. The van der Waals surface area contributed by atoms with Gasteiger partial charge in [-0.25, -0.2) is 0 Å². The molecule has 5 heteroatoms. The third-order valence-corrected chi connectivity index (χ3v) is 3.12. The molecule has 1 fully saturated rings. The lowest BCUT2D eigenvalue weighted by Crippen LogP contribution is -2.22. The summed E-state index contributed by atoms with van der Waals surface area (Å²) >= 11 is 0. The predicted molar refractivity (Wildman–Crippen MR) is 72.6 cm³/mol.